The lowest BCUT2D eigenvalue weighted by Crippen LogP contribution is -2.07. The smallest absolute Gasteiger partial charge is 0.417 e. The van der Waals surface area contributed by atoms with Crippen molar-refractivity contribution in [3.05, 3.63) is 59.2 Å². The number of carbonyl (C=O) groups excluding carboxylic acids is 1. The van der Waals surface area contributed by atoms with E-state index in [0.29, 0.717) is 6.29 Å². The van der Waals surface area contributed by atoms with Gasteiger partial charge in [0.05, 0.1) is 5.56 Å². The number of carbonyl (C=O) groups is 2. The minimum Gasteiger partial charge on any atom is -0.472 e. The fourth-order valence-electron chi connectivity index (χ4n) is 2.07. The minimum atomic E-state index is -4.56. The molecule has 2 aromatic rings. The zero-order valence-electron chi connectivity index (χ0n) is 11.5. The highest BCUT2D eigenvalue weighted by atomic mass is 19.4. The van der Waals surface area contributed by atoms with Crippen LogP contribution in [0.1, 0.15) is 21.5 Å². The summed E-state index contributed by atoms with van der Waals surface area (Å²) in [6, 6.07) is 8.85. The average Bonchev–Trinajstić information content (AvgIpc) is 2.51. The van der Waals surface area contributed by atoms with E-state index >= 15 is 0 Å². The van der Waals surface area contributed by atoms with Crippen molar-refractivity contribution < 1.29 is 27.9 Å². The van der Waals surface area contributed by atoms with Gasteiger partial charge < -0.3 is 5.11 Å². The molecule has 0 bridgehead atoms. The molecule has 116 valence electrons. The highest BCUT2D eigenvalue weighted by Gasteiger charge is 2.33. The Bertz CT molecular complexity index is 827. The van der Waals surface area contributed by atoms with Crippen LogP contribution in [-0.4, -0.2) is 17.4 Å². The summed E-state index contributed by atoms with van der Waals surface area (Å²) in [7, 11) is 0. The summed E-state index contributed by atoms with van der Waals surface area (Å²) in [5, 5.41) is 8.49. The first-order chi connectivity index (χ1) is 10.8. The summed E-state index contributed by atoms with van der Waals surface area (Å²) >= 11 is 0. The third-order valence-corrected chi connectivity index (χ3v) is 3.01. The van der Waals surface area contributed by atoms with E-state index in [1.165, 1.54) is 36.4 Å². The first-order valence-corrected chi connectivity index (χ1v) is 6.33. The van der Waals surface area contributed by atoms with Gasteiger partial charge in [-0.25, -0.2) is 4.79 Å². The maximum absolute atomic E-state index is 13.1. The Hall–Kier alpha value is -3.07. The van der Waals surface area contributed by atoms with Crippen LogP contribution in [0.5, 0.6) is 0 Å². The molecule has 2 aromatic carbocycles. The number of aliphatic carboxylic acids is 1. The molecule has 0 aliphatic rings. The first-order valence-electron chi connectivity index (χ1n) is 6.33. The molecule has 0 spiro atoms. The SMILES string of the molecule is O=Cc1cc(C#CC(=O)O)ccc1-c1ccccc1C(F)(F)F. The fourth-order valence-corrected chi connectivity index (χ4v) is 2.07. The fraction of sp³-hybridized carbons (Fsp3) is 0.0588. The van der Waals surface area contributed by atoms with E-state index in [1.807, 2.05) is 5.92 Å². The van der Waals surface area contributed by atoms with Gasteiger partial charge in [-0.15, -0.1) is 0 Å². The molecule has 3 nitrogen and oxygen atoms in total. The number of benzene rings is 2. The van der Waals surface area contributed by atoms with Gasteiger partial charge in [-0.1, -0.05) is 30.2 Å². The Kier molecular flexibility index (Phi) is 4.51. The molecule has 0 saturated heterocycles. The molecule has 0 heterocycles. The number of aldehydes is 1. The molecule has 0 aliphatic carbocycles. The van der Waals surface area contributed by atoms with Gasteiger partial charge in [0.15, 0.2) is 6.29 Å². The highest BCUT2D eigenvalue weighted by Crippen LogP contribution is 2.37. The predicted molar refractivity (Wildman–Crippen MR) is 76.8 cm³/mol. The van der Waals surface area contributed by atoms with Crippen LogP contribution in [0.25, 0.3) is 11.1 Å². The highest BCUT2D eigenvalue weighted by molar-refractivity contribution is 5.90. The second-order valence-electron chi connectivity index (χ2n) is 4.52. The van der Waals surface area contributed by atoms with Crippen LogP contribution in [0.15, 0.2) is 42.5 Å². The standard InChI is InChI=1S/C17H9F3O3/c18-17(19,20)15-4-2-1-3-14(15)13-7-5-11(6-8-16(22)23)9-12(13)10-21/h1-5,7,9-10H,(H,22,23). The van der Waals surface area contributed by atoms with E-state index < -0.39 is 17.7 Å². The summed E-state index contributed by atoms with van der Waals surface area (Å²) in [4.78, 5) is 21.6. The molecule has 6 heteroatoms. The second kappa shape index (κ2) is 6.36. The van der Waals surface area contributed by atoms with Crippen LogP contribution >= 0.6 is 0 Å². The predicted octanol–water partition coefficient (Wildman–Crippen LogP) is 3.62. The molecule has 0 unspecified atom stereocenters. The molecule has 2 rings (SSSR count). The summed E-state index contributed by atoms with van der Waals surface area (Å²) in [5.41, 5.74) is -0.650. The quantitative estimate of drug-likeness (QED) is 0.680. The van der Waals surface area contributed by atoms with Gasteiger partial charge in [-0.3, -0.25) is 4.79 Å². The molecule has 0 aromatic heterocycles. The van der Waals surface area contributed by atoms with Crippen molar-refractivity contribution in [2.75, 3.05) is 0 Å². The lowest BCUT2D eigenvalue weighted by atomic mass is 9.94. The van der Waals surface area contributed by atoms with Gasteiger partial charge in [-0.05, 0) is 29.3 Å². The number of hydrogen-bond acceptors (Lipinski definition) is 2. The maximum Gasteiger partial charge on any atom is 0.417 e. The van der Waals surface area contributed by atoms with E-state index in [0.717, 1.165) is 6.07 Å². The van der Waals surface area contributed by atoms with Crippen molar-refractivity contribution in [3.63, 3.8) is 0 Å². The number of carboxylic acids is 1. The molecule has 1 N–H and O–H groups in total. The van der Waals surface area contributed by atoms with Crippen molar-refractivity contribution in [2.24, 2.45) is 0 Å². The van der Waals surface area contributed by atoms with E-state index in [4.69, 9.17) is 5.11 Å². The lowest BCUT2D eigenvalue weighted by Gasteiger charge is -2.14. The molecular weight excluding hydrogens is 309 g/mol. The van der Waals surface area contributed by atoms with Gasteiger partial charge in [-0.2, -0.15) is 13.2 Å². The summed E-state index contributed by atoms with van der Waals surface area (Å²) in [6.07, 6.45) is -4.15. The molecule has 0 saturated carbocycles. The van der Waals surface area contributed by atoms with Gasteiger partial charge in [0.1, 0.15) is 0 Å². The Morgan fingerprint density at radius 2 is 1.78 bits per heavy atom. The van der Waals surface area contributed by atoms with Crippen LogP contribution in [0.2, 0.25) is 0 Å². The van der Waals surface area contributed by atoms with Gasteiger partial charge >= 0.3 is 12.1 Å². The lowest BCUT2D eigenvalue weighted by molar-refractivity contribution is -0.137. The van der Waals surface area contributed by atoms with E-state index in [2.05, 4.69) is 5.92 Å². The average molecular weight is 318 g/mol. The van der Waals surface area contributed by atoms with E-state index in [9.17, 15) is 22.8 Å². The van der Waals surface area contributed by atoms with Crippen molar-refractivity contribution in [2.45, 2.75) is 6.18 Å². The van der Waals surface area contributed by atoms with Crippen LogP contribution < -0.4 is 0 Å². The number of alkyl halides is 3. The van der Waals surface area contributed by atoms with E-state index in [1.54, 1.807) is 0 Å². The normalized spacial score (nSPS) is 10.6. The molecule has 0 radical (unpaired) electrons. The molecule has 0 aliphatic heterocycles. The topological polar surface area (TPSA) is 54.4 Å². The number of hydrogen-bond donors (Lipinski definition) is 1. The second-order valence-corrected chi connectivity index (χ2v) is 4.52. The largest absolute Gasteiger partial charge is 0.472 e. The van der Waals surface area contributed by atoms with Gasteiger partial charge in [0.25, 0.3) is 0 Å². The maximum atomic E-state index is 13.1. The minimum absolute atomic E-state index is 0.00103. The summed E-state index contributed by atoms with van der Waals surface area (Å²) in [6.45, 7) is 0. The summed E-state index contributed by atoms with van der Waals surface area (Å²) in [5.74, 6) is 2.85. The zero-order valence-corrected chi connectivity index (χ0v) is 11.5. The van der Waals surface area contributed by atoms with Gasteiger partial charge in [0, 0.05) is 17.0 Å². The monoisotopic (exact) mass is 318 g/mol. The van der Waals surface area contributed by atoms with Crippen LogP contribution in [0.4, 0.5) is 13.2 Å². The number of carboxylic acid groups (broad SMARTS) is 1. The Labute approximate surface area is 129 Å². The van der Waals surface area contributed by atoms with E-state index in [-0.39, 0.29) is 22.3 Å². The summed E-state index contributed by atoms with van der Waals surface area (Å²) < 4.78 is 39.2. The Morgan fingerprint density at radius 1 is 1.09 bits per heavy atom. The van der Waals surface area contributed by atoms with Crippen molar-refractivity contribution in [3.8, 4) is 23.0 Å². The van der Waals surface area contributed by atoms with Gasteiger partial charge in [0.2, 0.25) is 0 Å². The Balaban J connectivity index is 2.60. The number of halogens is 3. The van der Waals surface area contributed by atoms with Crippen molar-refractivity contribution in [1.29, 1.82) is 0 Å². The molecule has 0 amide bonds. The van der Waals surface area contributed by atoms with Crippen molar-refractivity contribution in [1.82, 2.24) is 0 Å². The molecule has 0 fully saturated rings. The van der Waals surface area contributed by atoms with Crippen LogP contribution in [-0.2, 0) is 11.0 Å². The third kappa shape index (κ3) is 3.77. The Morgan fingerprint density at radius 3 is 2.39 bits per heavy atom. The third-order valence-electron chi connectivity index (χ3n) is 3.01. The molecular formula is C17H9F3O3. The molecule has 0 atom stereocenters. The van der Waals surface area contributed by atoms with Crippen LogP contribution in [0, 0.1) is 11.8 Å². The van der Waals surface area contributed by atoms with Crippen LogP contribution in [0.3, 0.4) is 0 Å². The molecule has 23 heavy (non-hydrogen) atoms. The van der Waals surface area contributed by atoms with Crippen molar-refractivity contribution >= 4 is 12.3 Å². The number of rotatable bonds is 2. The first kappa shape index (κ1) is 16.3. The zero-order chi connectivity index (χ0) is 17.0.